The molecule has 0 amide bonds. The summed E-state index contributed by atoms with van der Waals surface area (Å²) in [6, 6.07) is -3.89. The monoisotopic (exact) mass is 547 g/mol. The Hall–Kier alpha value is -0.410. The first-order valence-electron chi connectivity index (χ1n) is 11.5. The summed E-state index contributed by atoms with van der Waals surface area (Å²) in [6.45, 7) is -0.694. The van der Waals surface area contributed by atoms with Crippen LogP contribution < -0.4 is 28.7 Å². The maximum absolute atomic E-state index is 11.5. The summed E-state index contributed by atoms with van der Waals surface area (Å²) in [5, 5.41) is 40.9. The Labute approximate surface area is 207 Å². The normalized spacial score (nSPS) is 48.6. The van der Waals surface area contributed by atoms with Gasteiger partial charge in [0.25, 0.3) is 0 Å². The van der Waals surface area contributed by atoms with E-state index in [1.165, 1.54) is 0 Å². The average molecular weight is 547 g/mol. The van der Waals surface area contributed by atoms with E-state index in [1.54, 1.807) is 0 Å². The number of rotatable bonds is 8. The van der Waals surface area contributed by atoms with Crippen LogP contribution in [0, 0.1) is 0 Å². The van der Waals surface area contributed by atoms with Gasteiger partial charge >= 0.3 is 7.82 Å². The number of hydrogen-bond acceptors (Lipinski definition) is 15. The van der Waals surface area contributed by atoms with Crippen molar-refractivity contribution >= 4 is 7.82 Å². The van der Waals surface area contributed by atoms with Gasteiger partial charge < -0.3 is 77.8 Å². The smallest absolute Gasteiger partial charge is 0.394 e. The average Bonchev–Trinajstić information content (AvgIpc) is 2.79. The molecular weight excluding hydrogens is 509 g/mol. The van der Waals surface area contributed by atoms with Gasteiger partial charge in [0.1, 0.15) is 36.6 Å². The summed E-state index contributed by atoms with van der Waals surface area (Å²) < 4.78 is 38.9. The van der Waals surface area contributed by atoms with E-state index in [-0.39, 0.29) is 19.4 Å². The molecule has 18 heteroatoms. The summed E-state index contributed by atoms with van der Waals surface area (Å²) >= 11 is 0. The lowest BCUT2D eigenvalue weighted by Crippen LogP contribution is -2.68. The van der Waals surface area contributed by atoms with Gasteiger partial charge in [0.2, 0.25) is 0 Å². The summed E-state index contributed by atoms with van der Waals surface area (Å²) in [5.74, 6) is 0. The highest BCUT2D eigenvalue weighted by Gasteiger charge is 2.52. The zero-order chi connectivity index (χ0) is 26.9. The molecule has 16 N–H and O–H groups in total. The van der Waals surface area contributed by atoms with Gasteiger partial charge in [-0.2, -0.15) is 0 Å². The summed E-state index contributed by atoms with van der Waals surface area (Å²) in [5.41, 5.74) is 29.9. The first kappa shape index (κ1) is 30.1. The van der Waals surface area contributed by atoms with Gasteiger partial charge in [-0.05, 0) is 12.8 Å². The molecule has 3 rings (SSSR count). The Morgan fingerprint density at radius 2 is 1.36 bits per heavy atom. The number of aliphatic hydroxyl groups is 4. The maximum atomic E-state index is 11.5. The quantitative estimate of drug-likeness (QED) is 0.126. The fourth-order valence-electron chi connectivity index (χ4n) is 4.69. The molecule has 1 aliphatic carbocycles. The lowest BCUT2D eigenvalue weighted by Gasteiger charge is -2.48. The predicted molar refractivity (Wildman–Crippen MR) is 119 cm³/mol. The lowest BCUT2D eigenvalue weighted by molar-refractivity contribution is -0.312. The van der Waals surface area contributed by atoms with Crippen molar-refractivity contribution in [3.05, 3.63) is 0 Å². The molecule has 14 unspecified atom stereocenters. The second-order valence-corrected chi connectivity index (χ2v) is 10.5. The second kappa shape index (κ2) is 12.2. The number of ether oxygens (including phenoxy) is 4. The van der Waals surface area contributed by atoms with Gasteiger partial charge in [0, 0.05) is 18.6 Å². The van der Waals surface area contributed by atoms with Gasteiger partial charge in [-0.3, -0.25) is 4.52 Å². The molecule has 0 bridgehead atoms. The number of phosphoric acid groups is 1. The summed E-state index contributed by atoms with van der Waals surface area (Å²) in [7, 11) is -5.13. The highest BCUT2D eigenvalue weighted by Crippen LogP contribution is 2.42. The van der Waals surface area contributed by atoms with Crippen molar-refractivity contribution in [2.24, 2.45) is 28.7 Å². The van der Waals surface area contributed by atoms with Crippen LogP contribution in [-0.4, -0.2) is 129 Å². The predicted octanol–water partition coefficient (Wildman–Crippen LogP) is -6.18. The van der Waals surface area contributed by atoms with Gasteiger partial charge in [-0.15, -0.1) is 0 Å². The van der Waals surface area contributed by atoms with E-state index in [2.05, 4.69) is 0 Å². The number of aliphatic hydroxyl groups excluding tert-OH is 4. The van der Waals surface area contributed by atoms with Crippen LogP contribution in [0.3, 0.4) is 0 Å². The number of phosphoric ester groups is 1. The third-order valence-corrected chi connectivity index (χ3v) is 7.17. The molecule has 0 aromatic carbocycles. The van der Waals surface area contributed by atoms with E-state index >= 15 is 0 Å². The van der Waals surface area contributed by atoms with E-state index in [0.29, 0.717) is 0 Å². The zero-order valence-electron chi connectivity index (χ0n) is 19.4. The molecule has 0 aromatic rings. The molecule has 2 heterocycles. The third kappa shape index (κ3) is 6.77. The molecule has 17 nitrogen and oxygen atoms in total. The molecular formula is C18H38N5O12P. The van der Waals surface area contributed by atoms with Gasteiger partial charge in [0.05, 0.1) is 30.9 Å². The second-order valence-electron chi connectivity index (χ2n) is 9.35. The largest absolute Gasteiger partial charge is 0.470 e. The molecule has 2 saturated heterocycles. The van der Waals surface area contributed by atoms with Gasteiger partial charge in [-0.25, -0.2) is 4.57 Å². The SMILES string of the molecule is NCC1OC(OC2C(N)CC(N)C(OC3OC(CO)C(O)C(N)C3OP(=O)(O)O)C2O)C(N)CC1O. The first-order valence-corrected chi connectivity index (χ1v) is 13.0. The highest BCUT2D eigenvalue weighted by atomic mass is 31.2. The maximum Gasteiger partial charge on any atom is 0.470 e. The minimum Gasteiger partial charge on any atom is -0.394 e. The van der Waals surface area contributed by atoms with Crippen molar-refractivity contribution in [2.45, 2.75) is 98.4 Å². The molecule has 36 heavy (non-hydrogen) atoms. The van der Waals surface area contributed by atoms with E-state index in [4.69, 9.17) is 52.1 Å². The molecule has 1 saturated carbocycles. The van der Waals surface area contributed by atoms with Crippen molar-refractivity contribution in [3.63, 3.8) is 0 Å². The van der Waals surface area contributed by atoms with E-state index < -0.39 is 100 Å². The van der Waals surface area contributed by atoms with Crippen LogP contribution in [-0.2, 0) is 28.0 Å². The third-order valence-electron chi connectivity index (χ3n) is 6.65. The minimum atomic E-state index is -5.13. The zero-order valence-corrected chi connectivity index (χ0v) is 20.3. The van der Waals surface area contributed by atoms with Crippen molar-refractivity contribution in [1.82, 2.24) is 0 Å². The molecule has 3 fully saturated rings. The lowest BCUT2D eigenvalue weighted by atomic mass is 9.84. The Morgan fingerprint density at radius 1 is 0.806 bits per heavy atom. The number of hydrogen-bond donors (Lipinski definition) is 11. The Balaban J connectivity index is 1.78. The molecule has 0 spiro atoms. The Bertz CT molecular complexity index is 768. The van der Waals surface area contributed by atoms with E-state index in [1.807, 2.05) is 0 Å². The molecule has 2 aliphatic heterocycles. The molecule has 0 aromatic heterocycles. The van der Waals surface area contributed by atoms with Crippen LogP contribution in [0.1, 0.15) is 12.8 Å². The van der Waals surface area contributed by atoms with Gasteiger partial charge in [-0.1, -0.05) is 0 Å². The standard InChI is InChI=1S/C18H38N5O12P/c19-3-9-8(25)2-7(22)17(31-9)33-14-5(20)1-6(21)15(13(14)27)34-18-16(35-36(28,29)30)11(23)12(26)10(4-24)32-18/h5-18,24-27H,1-4,19-23H2,(H2,28,29,30). The van der Waals surface area contributed by atoms with Crippen LogP contribution in [0.5, 0.6) is 0 Å². The molecule has 14 atom stereocenters. The van der Waals surface area contributed by atoms with Crippen molar-refractivity contribution < 1.29 is 58.2 Å². The van der Waals surface area contributed by atoms with Crippen molar-refractivity contribution in [3.8, 4) is 0 Å². The van der Waals surface area contributed by atoms with Crippen LogP contribution in [0.25, 0.3) is 0 Å². The van der Waals surface area contributed by atoms with Crippen LogP contribution in [0.2, 0.25) is 0 Å². The molecule has 3 aliphatic rings. The van der Waals surface area contributed by atoms with Crippen molar-refractivity contribution in [1.29, 1.82) is 0 Å². The van der Waals surface area contributed by atoms with Crippen LogP contribution in [0.4, 0.5) is 0 Å². The fraction of sp³-hybridized carbons (Fsp3) is 1.00. The van der Waals surface area contributed by atoms with Gasteiger partial charge in [0.15, 0.2) is 12.6 Å². The Morgan fingerprint density at radius 3 is 1.89 bits per heavy atom. The minimum absolute atomic E-state index is 0.00173. The molecule has 212 valence electrons. The van der Waals surface area contributed by atoms with Crippen LogP contribution >= 0.6 is 7.82 Å². The van der Waals surface area contributed by atoms with Crippen LogP contribution in [0.15, 0.2) is 0 Å². The van der Waals surface area contributed by atoms with E-state index in [0.717, 1.165) is 0 Å². The summed E-state index contributed by atoms with van der Waals surface area (Å²) in [6.07, 6.45) is -12.6. The molecule has 0 radical (unpaired) electrons. The highest BCUT2D eigenvalue weighted by molar-refractivity contribution is 7.46. The summed E-state index contributed by atoms with van der Waals surface area (Å²) in [4.78, 5) is 18.6. The fourth-order valence-corrected chi connectivity index (χ4v) is 5.25. The first-order chi connectivity index (χ1) is 16.8. The van der Waals surface area contributed by atoms with E-state index in [9.17, 15) is 34.8 Å². The topological polar surface area (TPSA) is 315 Å². The van der Waals surface area contributed by atoms with Crippen molar-refractivity contribution in [2.75, 3.05) is 13.2 Å². The Kier molecular flexibility index (Phi) is 10.2. The number of nitrogens with two attached hydrogens (primary N) is 5.